The van der Waals surface area contributed by atoms with Crippen LogP contribution in [0, 0.1) is 0 Å². The van der Waals surface area contributed by atoms with E-state index in [0.29, 0.717) is 4.48 Å². The van der Waals surface area contributed by atoms with Crippen LogP contribution in [0.3, 0.4) is 0 Å². The fourth-order valence-electron chi connectivity index (χ4n) is 4.42. The second-order valence-electron chi connectivity index (χ2n) is 10.7. The highest BCUT2D eigenvalue weighted by molar-refractivity contribution is 7.37. The maximum atomic E-state index is 11.4. The van der Waals surface area contributed by atoms with Crippen LogP contribution >= 0.6 is 8.03 Å². The summed E-state index contributed by atoms with van der Waals surface area (Å²) >= 11 is 0. The van der Waals surface area contributed by atoms with Gasteiger partial charge in [0.25, 0.3) is 5.78 Å². The van der Waals surface area contributed by atoms with Gasteiger partial charge in [0.05, 0.1) is 27.6 Å². The molecule has 0 aromatic carbocycles. The SMILES string of the molecule is CCCCCCCCCCCCCCCCCCCC/C=C\CCC([P+](=O)[O-])[N+](C)(C)C. The molecule has 0 fully saturated rings. The van der Waals surface area contributed by atoms with E-state index >= 15 is 0 Å². The molecule has 0 aliphatic heterocycles. The average molecular weight is 471 g/mol. The van der Waals surface area contributed by atoms with Crippen LogP contribution in [0.1, 0.15) is 142 Å². The third-order valence-electron chi connectivity index (χ3n) is 6.62. The molecule has 0 spiro atoms. The third kappa shape index (κ3) is 21.6. The predicted octanol–water partition coefficient (Wildman–Crippen LogP) is 8.89. The van der Waals surface area contributed by atoms with Gasteiger partial charge < -0.3 is 4.89 Å². The summed E-state index contributed by atoms with van der Waals surface area (Å²) in [5.41, 5.74) is 0. The predicted molar refractivity (Wildman–Crippen MR) is 141 cm³/mol. The third-order valence-corrected chi connectivity index (χ3v) is 8.06. The van der Waals surface area contributed by atoms with E-state index < -0.39 is 8.03 Å². The monoisotopic (exact) mass is 470 g/mol. The van der Waals surface area contributed by atoms with Gasteiger partial charge >= 0.3 is 8.03 Å². The van der Waals surface area contributed by atoms with Crippen LogP contribution < -0.4 is 4.89 Å². The molecule has 0 aromatic rings. The molecule has 32 heavy (non-hydrogen) atoms. The van der Waals surface area contributed by atoms with E-state index in [-0.39, 0.29) is 5.78 Å². The van der Waals surface area contributed by atoms with Crippen molar-refractivity contribution in [1.29, 1.82) is 0 Å². The quantitative estimate of drug-likeness (QED) is 0.0611. The molecule has 0 bridgehead atoms. The molecular formula is C28H57NO2P+. The van der Waals surface area contributed by atoms with Crippen LogP contribution in [0.2, 0.25) is 0 Å². The van der Waals surface area contributed by atoms with Crippen molar-refractivity contribution in [1.82, 2.24) is 0 Å². The molecule has 0 saturated heterocycles. The molecule has 2 unspecified atom stereocenters. The Morgan fingerprint density at radius 2 is 0.969 bits per heavy atom. The first-order valence-electron chi connectivity index (χ1n) is 14.0. The Morgan fingerprint density at radius 3 is 1.31 bits per heavy atom. The molecule has 0 heterocycles. The molecule has 190 valence electrons. The summed E-state index contributed by atoms with van der Waals surface area (Å²) in [7, 11) is 3.51. The van der Waals surface area contributed by atoms with Crippen molar-refractivity contribution in [3.8, 4) is 0 Å². The minimum atomic E-state index is -2.36. The highest BCUT2D eigenvalue weighted by atomic mass is 31.1. The van der Waals surface area contributed by atoms with Crippen LogP contribution in [0.4, 0.5) is 0 Å². The number of rotatable bonds is 24. The van der Waals surface area contributed by atoms with Crippen LogP contribution in [0.5, 0.6) is 0 Å². The van der Waals surface area contributed by atoms with Gasteiger partial charge in [0.2, 0.25) is 0 Å². The molecule has 0 aliphatic rings. The lowest BCUT2D eigenvalue weighted by Crippen LogP contribution is -2.44. The molecule has 4 heteroatoms. The smallest absolute Gasteiger partial charge is 0.373 e. The Kier molecular flexibility index (Phi) is 22.4. The van der Waals surface area contributed by atoms with E-state index in [1.54, 1.807) is 0 Å². The Bertz CT molecular complexity index is 445. The van der Waals surface area contributed by atoms with Gasteiger partial charge in [-0.05, 0) is 19.3 Å². The van der Waals surface area contributed by atoms with Gasteiger partial charge in [-0.3, -0.25) is 4.48 Å². The highest BCUT2D eigenvalue weighted by Crippen LogP contribution is 2.28. The van der Waals surface area contributed by atoms with Crippen LogP contribution in [0.25, 0.3) is 0 Å². The molecule has 0 aromatic heterocycles. The number of quaternary nitrogens is 1. The van der Waals surface area contributed by atoms with Crippen molar-refractivity contribution in [2.45, 2.75) is 148 Å². The topological polar surface area (TPSA) is 40.1 Å². The summed E-state index contributed by atoms with van der Waals surface area (Å²) in [5, 5.41) is 0. The summed E-state index contributed by atoms with van der Waals surface area (Å²) in [5.74, 6) is -0.278. The number of hydrogen-bond donors (Lipinski definition) is 0. The maximum absolute atomic E-state index is 11.4. The first kappa shape index (κ1) is 31.8. The Hall–Kier alpha value is -0.240. The summed E-state index contributed by atoms with van der Waals surface area (Å²) < 4.78 is 11.9. The van der Waals surface area contributed by atoms with Crippen molar-refractivity contribution in [3.63, 3.8) is 0 Å². The number of nitrogens with zero attached hydrogens (tertiary/aromatic N) is 1. The summed E-state index contributed by atoms with van der Waals surface area (Å²) in [6, 6.07) is 0. The van der Waals surface area contributed by atoms with Crippen LogP contribution in [0.15, 0.2) is 12.2 Å². The minimum absolute atomic E-state index is 0.278. The van der Waals surface area contributed by atoms with Crippen molar-refractivity contribution in [2.75, 3.05) is 21.1 Å². The lowest BCUT2D eigenvalue weighted by molar-refractivity contribution is -0.883. The molecular weight excluding hydrogens is 413 g/mol. The fourth-order valence-corrected chi connectivity index (χ4v) is 5.35. The number of unbranched alkanes of at least 4 members (excludes halogenated alkanes) is 18. The fraction of sp³-hybridized carbons (Fsp3) is 0.929. The normalized spacial score (nSPS) is 13.7. The van der Waals surface area contributed by atoms with Crippen molar-refractivity contribution in [3.05, 3.63) is 12.2 Å². The van der Waals surface area contributed by atoms with Crippen LogP contribution in [-0.4, -0.2) is 31.4 Å². The lowest BCUT2D eigenvalue weighted by Gasteiger charge is -2.27. The molecule has 0 rings (SSSR count). The average Bonchev–Trinajstić information content (AvgIpc) is 2.73. The van der Waals surface area contributed by atoms with Crippen molar-refractivity contribution < 1.29 is 13.9 Å². The zero-order chi connectivity index (χ0) is 23.9. The lowest BCUT2D eigenvalue weighted by atomic mass is 10.0. The molecule has 0 aliphatic carbocycles. The van der Waals surface area contributed by atoms with Gasteiger partial charge in [0.15, 0.2) is 0 Å². The van der Waals surface area contributed by atoms with Gasteiger partial charge in [-0.1, -0.05) is 133 Å². The molecule has 2 atom stereocenters. The molecule has 3 nitrogen and oxygen atoms in total. The molecule has 0 N–H and O–H groups in total. The zero-order valence-corrected chi connectivity index (χ0v) is 23.2. The summed E-state index contributed by atoms with van der Waals surface area (Å²) in [6.45, 7) is 2.29. The van der Waals surface area contributed by atoms with E-state index in [1.807, 2.05) is 21.1 Å². The number of hydrogen-bond acceptors (Lipinski definition) is 2. The maximum Gasteiger partial charge on any atom is 0.373 e. The van der Waals surface area contributed by atoms with Crippen molar-refractivity contribution >= 4 is 8.03 Å². The van der Waals surface area contributed by atoms with Gasteiger partial charge in [-0.2, -0.15) is 0 Å². The van der Waals surface area contributed by atoms with E-state index in [0.717, 1.165) is 19.3 Å². The number of allylic oxidation sites excluding steroid dienone is 2. The molecule has 0 amide bonds. The van der Waals surface area contributed by atoms with Crippen molar-refractivity contribution in [2.24, 2.45) is 0 Å². The second kappa shape index (κ2) is 22.5. The van der Waals surface area contributed by atoms with Gasteiger partial charge in [0, 0.05) is 0 Å². The Morgan fingerprint density at radius 1 is 0.625 bits per heavy atom. The highest BCUT2D eigenvalue weighted by Gasteiger charge is 2.34. The summed E-state index contributed by atoms with van der Waals surface area (Å²) in [6.07, 6.45) is 32.6. The second-order valence-corrected chi connectivity index (χ2v) is 11.9. The largest absolute Gasteiger partial charge is 0.591 e. The zero-order valence-electron chi connectivity index (χ0n) is 22.3. The van der Waals surface area contributed by atoms with E-state index in [4.69, 9.17) is 0 Å². The van der Waals surface area contributed by atoms with Gasteiger partial charge in [-0.15, -0.1) is 0 Å². The van der Waals surface area contributed by atoms with E-state index in [2.05, 4.69) is 19.1 Å². The first-order valence-corrected chi connectivity index (χ1v) is 15.2. The molecule has 0 saturated carbocycles. The Balaban J connectivity index is 3.30. The Labute approximate surface area is 202 Å². The van der Waals surface area contributed by atoms with Gasteiger partial charge in [-0.25, -0.2) is 0 Å². The standard InChI is InChI=1S/C28H57NO2P/c1-5-6-7-8-9-10-11-12-13-14-15-16-17-18-19-20-21-22-23-24-25-26-27-28(32(30)31)29(2,3)4/h24-25,28H,5-23,26-27H2,1-4H3/q+1/b25-24-. The van der Waals surface area contributed by atoms with E-state index in [9.17, 15) is 9.46 Å². The molecule has 0 radical (unpaired) electrons. The van der Waals surface area contributed by atoms with Gasteiger partial charge in [0.1, 0.15) is 0 Å². The first-order chi connectivity index (χ1) is 15.4. The minimum Gasteiger partial charge on any atom is -0.591 e. The van der Waals surface area contributed by atoms with E-state index in [1.165, 1.54) is 116 Å². The van der Waals surface area contributed by atoms with Crippen LogP contribution in [-0.2, 0) is 4.57 Å². The summed E-state index contributed by atoms with van der Waals surface area (Å²) in [4.78, 5) is 11.4.